The number of rotatable bonds is 1. The molecule has 0 fully saturated rings. The van der Waals surface area contributed by atoms with E-state index in [0.29, 0.717) is 16.9 Å². The molecule has 2 aromatic heterocycles. The monoisotopic (exact) mass is 291 g/mol. The molecule has 0 radical (unpaired) electrons. The molecule has 3 rings (SSSR count). The van der Waals surface area contributed by atoms with Crippen LogP contribution in [0.15, 0.2) is 42.7 Å². The number of nitrogens with two attached hydrogens (primary N) is 1. The summed E-state index contributed by atoms with van der Waals surface area (Å²) in [6.45, 7) is 0. The van der Waals surface area contributed by atoms with Crippen LogP contribution in [-0.4, -0.2) is 9.55 Å². The number of hydrogen-bond acceptors (Lipinski definition) is 2. The number of nitrogens with zero attached hydrogens (tertiary/aromatic N) is 2. The standard InChI is InChI=1S/C15H12F3N3/c1-21-8-12(13-5-3-10(19)7-20-13)11-4-2-9(6-14(11)21)15(16,17)18/h2-8H,19H2,1H3. The number of benzene rings is 1. The molecule has 3 aromatic rings. The Morgan fingerprint density at radius 1 is 1.14 bits per heavy atom. The molecule has 2 heterocycles. The van der Waals surface area contributed by atoms with Crippen LogP contribution in [0.3, 0.4) is 0 Å². The topological polar surface area (TPSA) is 43.8 Å². The van der Waals surface area contributed by atoms with Gasteiger partial charge in [0.15, 0.2) is 0 Å². The summed E-state index contributed by atoms with van der Waals surface area (Å²) in [5, 5.41) is 0.725. The molecule has 0 saturated heterocycles. The van der Waals surface area contributed by atoms with E-state index < -0.39 is 11.7 Å². The summed E-state index contributed by atoms with van der Waals surface area (Å²) < 4.78 is 40.0. The van der Waals surface area contributed by atoms with Crippen LogP contribution in [-0.2, 0) is 13.2 Å². The molecule has 0 spiro atoms. The van der Waals surface area contributed by atoms with Gasteiger partial charge in [-0.15, -0.1) is 0 Å². The summed E-state index contributed by atoms with van der Waals surface area (Å²) in [6.07, 6.45) is -1.06. The number of aryl methyl sites for hydroxylation is 1. The van der Waals surface area contributed by atoms with Crippen LogP contribution in [0.5, 0.6) is 0 Å². The van der Waals surface area contributed by atoms with Gasteiger partial charge >= 0.3 is 6.18 Å². The van der Waals surface area contributed by atoms with Crippen LogP contribution in [0.4, 0.5) is 18.9 Å². The van der Waals surface area contributed by atoms with Crippen molar-refractivity contribution in [3.63, 3.8) is 0 Å². The number of pyridine rings is 1. The second-order valence-corrected chi connectivity index (χ2v) is 4.86. The predicted octanol–water partition coefficient (Wildman–Crippen LogP) is 3.84. The molecule has 1 aromatic carbocycles. The van der Waals surface area contributed by atoms with Gasteiger partial charge in [-0.05, 0) is 24.3 Å². The molecule has 0 unspecified atom stereocenters. The molecule has 0 aliphatic rings. The highest BCUT2D eigenvalue weighted by Crippen LogP contribution is 2.35. The van der Waals surface area contributed by atoms with E-state index in [1.807, 2.05) is 0 Å². The van der Waals surface area contributed by atoms with Crippen molar-refractivity contribution in [1.82, 2.24) is 9.55 Å². The molecule has 21 heavy (non-hydrogen) atoms. The third-order valence-corrected chi connectivity index (χ3v) is 3.38. The smallest absolute Gasteiger partial charge is 0.397 e. The van der Waals surface area contributed by atoms with Gasteiger partial charge < -0.3 is 10.3 Å². The highest BCUT2D eigenvalue weighted by Gasteiger charge is 2.31. The maximum atomic E-state index is 12.8. The maximum absolute atomic E-state index is 12.8. The molecule has 0 saturated carbocycles. The van der Waals surface area contributed by atoms with E-state index in [0.717, 1.165) is 23.1 Å². The van der Waals surface area contributed by atoms with Crippen molar-refractivity contribution in [3.8, 4) is 11.3 Å². The fourth-order valence-corrected chi connectivity index (χ4v) is 2.33. The lowest BCUT2D eigenvalue weighted by Crippen LogP contribution is -2.04. The van der Waals surface area contributed by atoms with Crippen LogP contribution in [0, 0.1) is 0 Å². The lowest BCUT2D eigenvalue weighted by molar-refractivity contribution is -0.137. The zero-order valence-corrected chi connectivity index (χ0v) is 11.1. The number of nitrogen functional groups attached to an aromatic ring is 1. The van der Waals surface area contributed by atoms with E-state index in [-0.39, 0.29) is 0 Å². The van der Waals surface area contributed by atoms with E-state index in [4.69, 9.17) is 5.73 Å². The fourth-order valence-electron chi connectivity index (χ4n) is 2.33. The molecule has 0 bridgehead atoms. The molecule has 108 valence electrons. The van der Waals surface area contributed by atoms with Crippen LogP contribution in [0.2, 0.25) is 0 Å². The first-order chi connectivity index (χ1) is 9.86. The molecule has 0 aliphatic heterocycles. The van der Waals surface area contributed by atoms with Gasteiger partial charge in [0.2, 0.25) is 0 Å². The minimum atomic E-state index is -4.35. The zero-order chi connectivity index (χ0) is 15.2. The predicted molar refractivity (Wildman–Crippen MR) is 75.6 cm³/mol. The lowest BCUT2D eigenvalue weighted by atomic mass is 10.1. The van der Waals surface area contributed by atoms with Gasteiger partial charge in [0.05, 0.1) is 23.1 Å². The van der Waals surface area contributed by atoms with Crippen LogP contribution >= 0.6 is 0 Å². The van der Waals surface area contributed by atoms with Crippen LogP contribution in [0.1, 0.15) is 5.56 Å². The van der Waals surface area contributed by atoms with Crippen molar-refractivity contribution in [2.24, 2.45) is 7.05 Å². The van der Waals surface area contributed by atoms with Crippen molar-refractivity contribution in [2.45, 2.75) is 6.18 Å². The summed E-state index contributed by atoms with van der Waals surface area (Å²) in [5.41, 5.74) is 7.45. The Morgan fingerprint density at radius 2 is 1.90 bits per heavy atom. The van der Waals surface area contributed by atoms with Gasteiger partial charge in [0.25, 0.3) is 0 Å². The van der Waals surface area contributed by atoms with E-state index in [1.165, 1.54) is 12.3 Å². The molecule has 6 heteroatoms. The Hall–Kier alpha value is -2.50. The average molecular weight is 291 g/mol. The highest BCUT2D eigenvalue weighted by atomic mass is 19.4. The van der Waals surface area contributed by atoms with Gasteiger partial charge in [-0.2, -0.15) is 13.2 Å². The lowest BCUT2D eigenvalue weighted by Gasteiger charge is -2.07. The maximum Gasteiger partial charge on any atom is 0.416 e. The normalized spacial score (nSPS) is 12.0. The van der Waals surface area contributed by atoms with E-state index in [9.17, 15) is 13.2 Å². The third kappa shape index (κ3) is 2.33. The van der Waals surface area contributed by atoms with E-state index >= 15 is 0 Å². The number of halogens is 3. The number of aromatic nitrogens is 2. The SMILES string of the molecule is Cn1cc(-c2ccc(N)cn2)c2ccc(C(F)(F)F)cc21. The summed E-state index contributed by atoms with van der Waals surface area (Å²) in [7, 11) is 1.71. The van der Waals surface area contributed by atoms with Crippen molar-refractivity contribution < 1.29 is 13.2 Å². The second kappa shape index (κ2) is 4.51. The second-order valence-electron chi connectivity index (χ2n) is 4.86. The van der Waals surface area contributed by atoms with Gasteiger partial charge in [0, 0.05) is 29.7 Å². The summed E-state index contributed by atoms with van der Waals surface area (Å²) >= 11 is 0. The summed E-state index contributed by atoms with van der Waals surface area (Å²) in [5.74, 6) is 0. The van der Waals surface area contributed by atoms with Crippen molar-refractivity contribution in [1.29, 1.82) is 0 Å². The Labute approximate surface area is 118 Å². The molecule has 0 amide bonds. The fraction of sp³-hybridized carbons (Fsp3) is 0.133. The molecule has 0 atom stereocenters. The third-order valence-electron chi connectivity index (χ3n) is 3.38. The summed E-state index contributed by atoms with van der Waals surface area (Å²) in [4.78, 5) is 4.22. The van der Waals surface area contributed by atoms with Crippen molar-refractivity contribution >= 4 is 16.6 Å². The van der Waals surface area contributed by atoms with Crippen molar-refractivity contribution in [2.75, 3.05) is 5.73 Å². The van der Waals surface area contributed by atoms with Crippen molar-refractivity contribution in [3.05, 3.63) is 48.3 Å². The van der Waals surface area contributed by atoms with E-state index in [2.05, 4.69) is 4.98 Å². The van der Waals surface area contributed by atoms with Gasteiger partial charge in [-0.3, -0.25) is 4.98 Å². The van der Waals surface area contributed by atoms with Crippen LogP contribution < -0.4 is 5.73 Å². The number of hydrogen-bond donors (Lipinski definition) is 1. The van der Waals surface area contributed by atoms with Gasteiger partial charge in [-0.25, -0.2) is 0 Å². The number of fused-ring (bicyclic) bond motifs is 1. The number of alkyl halides is 3. The average Bonchev–Trinajstić information content (AvgIpc) is 2.76. The Bertz CT molecular complexity index is 801. The molecule has 2 N–H and O–H groups in total. The number of anilines is 1. The van der Waals surface area contributed by atoms with Gasteiger partial charge in [-0.1, -0.05) is 6.07 Å². The quantitative estimate of drug-likeness (QED) is 0.740. The van der Waals surface area contributed by atoms with E-state index in [1.54, 1.807) is 29.9 Å². The summed E-state index contributed by atoms with van der Waals surface area (Å²) in [6, 6.07) is 7.18. The first-order valence-corrected chi connectivity index (χ1v) is 6.24. The molecular weight excluding hydrogens is 279 g/mol. The van der Waals surface area contributed by atoms with Gasteiger partial charge in [0.1, 0.15) is 0 Å². The first-order valence-electron chi connectivity index (χ1n) is 6.24. The Kier molecular flexibility index (Phi) is 2.90. The highest BCUT2D eigenvalue weighted by molar-refractivity contribution is 5.95. The Morgan fingerprint density at radius 3 is 2.52 bits per heavy atom. The minimum Gasteiger partial charge on any atom is -0.397 e. The van der Waals surface area contributed by atoms with Crippen LogP contribution in [0.25, 0.3) is 22.2 Å². The first kappa shape index (κ1) is 13.5. The Balaban J connectivity index is 2.20. The minimum absolute atomic E-state index is 0.512. The largest absolute Gasteiger partial charge is 0.416 e. The zero-order valence-electron chi connectivity index (χ0n) is 11.1. The molecular formula is C15H12F3N3. The molecule has 3 nitrogen and oxygen atoms in total. The molecule has 0 aliphatic carbocycles.